The largest absolute Gasteiger partial charge is 0.338 e. The fraction of sp³-hybridized carbons (Fsp3) is 0. The molecular weight excluding hydrogens is 288 g/mol. The number of fused-ring (bicyclic) bond motifs is 1. The van der Waals surface area contributed by atoms with Gasteiger partial charge in [-0.2, -0.15) is 0 Å². The second-order valence-electron chi connectivity index (χ2n) is 4.02. The van der Waals surface area contributed by atoms with Gasteiger partial charge < -0.3 is 4.98 Å². The van der Waals surface area contributed by atoms with Crippen LogP contribution in [-0.2, 0) is 0 Å². The van der Waals surface area contributed by atoms with Crippen molar-refractivity contribution in [1.29, 1.82) is 0 Å². The van der Waals surface area contributed by atoms with Gasteiger partial charge in [-0.05, 0) is 35.9 Å². The minimum absolute atomic E-state index is 0.874. The first-order valence-electron chi connectivity index (χ1n) is 5.70. The molecule has 0 spiro atoms. The Labute approximate surface area is 114 Å². The van der Waals surface area contributed by atoms with E-state index in [4.69, 9.17) is 0 Å². The van der Waals surface area contributed by atoms with Gasteiger partial charge in [0.15, 0.2) is 0 Å². The summed E-state index contributed by atoms with van der Waals surface area (Å²) in [5.41, 5.74) is 3.21. The molecule has 0 bridgehead atoms. The molecule has 0 fully saturated rings. The Balaban J connectivity index is 1.89. The summed E-state index contributed by atoms with van der Waals surface area (Å²) in [4.78, 5) is 7.76. The average molecular weight is 299 g/mol. The van der Waals surface area contributed by atoms with Crippen molar-refractivity contribution >= 4 is 39.1 Å². The second kappa shape index (κ2) is 4.78. The lowest BCUT2D eigenvalue weighted by Gasteiger charge is -1.92. The predicted octanol–water partition coefficient (Wildman–Crippen LogP) is 4.50. The van der Waals surface area contributed by atoms with E-state index in [1.165, 1.54) is 0 Å². The van der Waals surface area contributed by atoms with E-state index < -0.39 is 0 Å². The SMILES string of the molecule is Brc1ccc(/C=C/c2nc3ccccc3[nH]2)cc1. The summed E-state index contributed by atoms with van der Waals surface area (Å²) >= 11 is 3.42. The fourth-order valence-electron chi connectivity index (χ4n) is 1.80. The van der Waals surface area contributed by atoms with Gasteiger partial charge in [-0.1, -0.05) is 46.3 Å². The van der Waals surface area contributed by atoms with E-state index in [0.717, 1.165) is 26.9 Å². The molecule has 88 valence electrons. The van der Waals surface area contributed by atoms with Crippen molar-refractivity contribution in [1.82, 2.24) is 9.97 Å². The Morgan fingerprint density at radius 2 is 1.72 bits per heavy atom. The molecule has 3 aromatic rings. The molecule has 0 unspecified atom stereocenters. The van der Waals surface area contributed by atoms with Crippen LogP contribution >= 0.6 is 15.9 Å². The highest BCUT2D eigenvalue weighted by Gasteiger charge is 1.97. The molecule has 3 heteroatoms. The van der Waals surface area contributed by atoms with E-state index in [-0.39, 0.29) is 0 Å². The quantitative estimate of drug-likeness (QED) is 0.741. The van der Waals surface area contributed by atoms with Crippen LogP contribution in [0.1, 0.15) is 11.4 Å². The van der Waals surface area contributed by atoms with Crippen LogP contribution in [0.5, 0.6) is 0 Å². The van der Waals surface area contributed by atoms with E-state index in [9.17, 15) is 0 Å². The Bertz CT molecular complexity index is 663. The summed E-state index contributed by atoms with van der Waals surface area (Å²) in [5, 5.41) is 0. The monoisotopic (exact) mass is 298 g/mol. The van der Waals surface area contributed by atoms with Crippen LogP contribution in [0.2, 0.25) is 0 Å². The molecule has 0 aliphatic carbocycles. The average Bonchev–Trinajstić information content (AvgIpc) is 2.81. The van der Waals surface area contributed by atoms with Gasteiger partial charge in [-0.15, -0.1) is 0 Å². The maximum atomic E-state index is 4.49. The van der Waals surface area contributed by atoms with Crippen LogP contribution in [0.3, 0.4) is 0 Å². The number of rotatable bonds is 2. The molecule has 1 heterocycles. The van der Waals surface area contributed by atoms with Gasteiger partial charge >= 0.3 is 0 Å². The van der Waals surface area contributed by atoms with Gasteiger partial charge in [0.05, 0.1) is 11.0 Å². The maximum absolute atomic E-state index is 4.49. The first-order valence-corrected chi connectivity index (χ1v) is 6.49. The summed E-state index contributed by atoms with van der Waals surface area (Å²) in [6.07, 6.45) is 4.04. The smallest absolute Gasteiger partial charge is 0.131 e. The lowest BCUT2D eigenvalue weighted by atomic mass is 10.2. The van der Waals surface area contributed by atoms with Gasteiger partial charge in [-0.3, -0.25) is 0 Å². The zero-order chi connectivity index (χ0) is 12.4. The van der Waals surface area contributed by atoms with Gasteiger partial charge in [0.25, 0.3) is 0 Å². The van der Waals surface area contributed by atoms with Gasteiger partial charge in [0.1, 0.15) is 5.82 Å². The van der Waals surface area contributed by atoms with E-state index in [1.54, 1.807) is 0 Å². The van der Waals surface area contributed by atoms with Gasteiger partial charge in [-0.25, -0.2) is 4.98 Å². The van der Waals surface area contributed by atoms with E-state index in [2.05, 4.69) is 38.0 Å². The molecule has 1 N–H and O–H groups in total. The summed E-state index contributed by atoms with van der Waals surface area (Å²) in [6, 6.07) is 16.2. The highest BCUT2D eigenvalue weighted by atomic mass is 79.9. The first-order chi connectivity index (χ1) is 8.81. The third-order valence-electron chi connectivity index (χ3n) is 2.71. The third kappa shape index (κ3) is 2.36. The van der Waals surface area contributed by atoms with Crippen molar-refractivity contribution in [3.63, 3.8) is 0 Å². The molecule has 3 rings (SSSR count). The van der Waals surface area contributed by atoms with E-state index in [1.807, 2.05) is 48.6 Å². The predicted molar refractivity (Wildman–Crippen MR) is 79.2 cm³/mol. The summed E-state index contributed by atoms with van der Waals surface area (Å²) in [7, 11) is 0. The van der Waals surface area contributed by atoms with Crippen LogP contribution < -0.4 is 0 Å². The van der Waals surface area contributed by atoms with Crippen molar-refractivity contribution in [2.45, 2.75) is 0 Å². The number of hydrogen-bond donors (Lipinski definition) is 1. The third-order valence-corrected chi connectivity index (χ3v) is 3.24. The number of hydrogen-bond acceptors (Lipinski definition) is 1. The second-order valence-corrected chi connectivity index (χ2v) is 4.94. The molecule has 2 nitrogen and oxygen atoms in total. The van der Waals surface area contributed by atoms with Crippen LogP contribution in [0.4, 0.5) is 0 Å². The van der Waals surface area contributed by atoms with Crippen molar-refractivity contribution < 1.29 is 0 Å². The fourth-order valence-corrected chi connectivity index (χ4v) is 2.06. The lowest BCUT2D eigenvalue weighted by Crippen LogP contribution is -1.74. The molecule has 0 saturated carbocycles. The van der Waals surface area contributed by atoms with E-state index in [0.29, 0.717) is 0 Å². The number of halogens is 1. The number of imidazole rings is 1. The van der Waals surface area contributed by atoms with Crippen LogP contribution in [-0.4, -0.2) is 9.97 Å². The Kier molecular flexibility index (Phi) is 2.99. The molecule has 2 aromatic carbocycles. The Morgan fingerprint density at radius 3 is 2.50 bits per heavy atom. The zero-order valence-electron chi connectivity index (χ0n) is 9.60. The van der Waals surface area contributed by atoms with Crippen molar-refractivity contribution in [3.8, 4) is 0 Å². The molecule has 0 saturated heterocycles. The molecule has 0 amide bonds. The van der Waals surface area contributed by atoms with Crippen LogP contribution in [0, 0.1) is 0 Å². The van der Waals surface area contributed by atoms with Crippen LogP contribution in [0.25, 0.3) is 23.2 Å². The van der Waals surface area contributed by atoms with Crippen LogP contribution in [0.15, 0.2) is 53.0 Å². The number of para-hydroxylation sites is 2. The number of nitrogens with zero attached hydrogens (tertiary/aromatic N) is 1. The standard InChI is InChI=1S/C15H11BrN2/c16-12-8-5-11(6-9-12)7-10-15-17-13-3-1-2-4-14(13)18-15/h1-10H,(H,17,18)/b10-7+. The number of aromatic nitrogens is 2. The number of H-pyrrole nitrogens is 1. The normalized spacial score (nSPS) is 11.4. The molecule has 0 aliphatic heterocycles. The Hall–Kier alpha value is -1.87. The molecule has 0 aliphatic rings. The van der Waals surface area contributed by atoms with Gasteiger partial charge in [0, 0.05) is 4.47 Å². The zero-order valence-corrected chi connectivity index (χ0v) is 11.2. The summed E-state index contributed by atoms with van der Waals surface area (Å²) in [6.45, 7) is 0. The molecule has 0 radical (unpaired) electrons. The van der Waals surface area contributed by atoms with Crippen molar-refractivity contribution in [3.05, 3.63) is 64.4 Å². The highest BCUT2D eigenvalue weighted by molar-refractivity contribution is 9.10. The number of benzene rings is 2. The number of aromatic amines is 1. The molecule has 18 heavy (non-hydrogen) atoms. The highest BCUT2D eigenvalue weighted by Crippen LogP contribution is 2.14. The molecule has 1 aromatic heterocycles. The van der Waals surface area contributed by atoms with Gasteiger partial charge in [0.2, 0.25) is 0 Å². The van der Waals surface area contributed by atoms with Crippen molar-refractivity contribution in [2.24, 2.45) is 0 Å². The minimum atomic E-state index is 0.874. The molecular formula is C15H11BrN2. The topological polar surface area (TPSA) is 28.7 Å². The number of nitrogens with one attached hydrogen (secondary N) is 1. The van der Waals surface area contributed by atoms with Crippen molar-refractivity contribution in [2.75, 3.05) is 0 Å². The minimum Gasteiger partial charge on any atom is -0.338 e. The lowest BCUT2D eigenvalue weighted by molar-refractivity contribution is 1.29. The maximum Gasteiger partial charge on any atom is 0.131 e. The molecule has 0 atom stereocenters. The summed E-state index contributed by atoms with van der Waals surface area (Å²) < 4.78 is 1.09. The first kappa shape index (κ1) is 11.2. The summed E-state index contributed by atoms with van der Waals surface area (Å²) in [5.74, 6) is 0.874. The Morgan fingerprint density at radius 1 is 0.944 bits per heavy atom. The van der Waals surface area contributed by atoms with E-state index >= 15 is 0 Å².